The predicted molar refractivity (Wildman–Crippen MR) is 156 cm³/mol. The summed E-state index contributed by atoms with van der Waals surface area (Å²) < 4.78 is 75.6. The number of benzene rings is 3. The van der Waals surface area contributed by atoms with Crippen molar-refractivity contribution >= 4 is 15.9 Å². The van der Waals surface area contributed by atoms with Crippen molar-refractivity contribution in [1.82, 2.24) is 14.6 Å². The Hall–Kier alpha value is -4.42. The fourth-order valence-corrected chi connectivity index (χ4v) is 6.16. The quantitative estimate of drug-likeness (QED) is 0.202. The molecule has 4 aromatic rings. The Kier molecular flexibility index (Phi) is 8.93. The van der Waals surface area contributed by atoms with Crippen LogP contribution < -0.4 is 14.8 Å². The number of amides is 1. The van der Waals surface area contributed by atoms with Gasteiger partial charge >= 0.3 is 6.36 Å². The van der Waals surface area contributed by atoms with Crippen LogP contribution >= 0.6 is 0 Å². The zero-order valence-electron chi connectivity index (χ0n) is 23.8. The van der Waals surface area contributed by atoms with Crippen LogP contribution in [0.5, 0.6) is 11.5 Å². The molecule has 44 heavy (non-hydrogen) atoms. The second-order valence-electron chi connectivity index (χ2n) is 10.3. The highest BCUT2D eigenvalue weighted by Crippen LogP contribution is 2.46. The molecule has 1 aliphatic rings. The summed E-state index contributed by atoms with van der Waals surface area (Å²) in [6.07, 6.45) is -1.90. The van der Waals surface area contributed by atoms with Crippen LogP contribution in [0.15, 0.2) is 102 Å². The van der Waals surface area contributed by atoms with E-state index in [2.05, 4.69) is 15.0 Å². The molecule has 12 heteroatoms. The zero-order valence-corrected chi connectivity index (χ0v) is 24.6. The van der Waals surface area contributed by atoms with Crippen molar-refractivity contribution in [3.05, 3.63) is 120 Å². The molecule has 0 unspecified atom stereocenters. The third-order valence-electron chi connectivity index (χ3n) is 7.16. The SMILES string of the molecule is CCOc1ccc(S(=O)(=O)N(Cc2ccc(C(=O)NC3(c4ccc(OC(F)(F)F)cc4)CC3)cc2)Cc2ccccn2)cc1. The minimum absolute atomic E-state index is 0.0320. The van der Waals surface area contributed by atoms with Crippen molar-refractivity contribution in [3.8, 4) is 11.5 Å². The highest BCUT2D eigenvalue weighted by atomic mass is 32.2. The van der Waals surface area contributed by atoms with Gasteiger partial charge in [0, 0.05) is 18.3 Å². The van der Waals surface area contributed by atoms with Crippen LogP contribution in [0, 0.1) is 0 Å². The van der Waals surface area contributed by atoms with Gasteiger partial charge in [0.25, 0.3) is 5.91 Å². The summed E-state index contributed by atoms with van der Waals surface area (Å²) in [6.45, 7) is 2.37. The lowest BCUT2D eigenvalue weighted by atomic mass is 10.0. The van der Waals surface area contributed by atoms with E-state index in [-0.39, 0.29) is 29.6 Å². The Morgan fingerprint density at radius 1 is 0.909 bits per heavy atom. The summed E-state index contributed by atoms with van der Waals surface area (Å²) in [6, 6.07) is 23.6. The first-order chi connectivity index (χ1) is 21.0. The van der Waals surface area contributed by atoms with E-state index in [4.69, 9.17) is 4.74 Å². The molecule has 1 aliphatic carbocycles. The number of nitrogens with one attached hydrogen (secondary N) is 1. The topological polar surface area (TPSA) is 97.8 Å². The van der Waals surface area contributed by atoms with Crippen LogP contribution in [-0.2, 0) is 28.7 Å². The molecule has 0 aliphatic heterocycles. The molecule has 1 fully saturated rings. The van der Waals surface area contributed by atoms with Gasteiger partial charge in [0.1, 0.15) is 11.5 Å². The molecular formula is C32H30F3N3O5S. The maximum Gasteiger partial charge on any atom is 0.573 e. The van der Waals surface area contributed by atoms with Crippen molar-refractivity contribution < 1.29 is 35.9 Å². The Bertz CT molecular complexity index is 1680. The summed E-state index contributed by atoms with van der Waals surface area (Å²) >= 11 is 0. The molecule has 0 radical (unpaired) electrons. The number of pyridine rings is 1. The molecule has 1 aromatic heterocycles. The second kappa shape index (κ2) is 12.7. The Morgan fingerprint density at radius 2 is 1.57 bits per heavy atom. The average molecular weight is 626 g/mol. The molecular weight excluding hydrogens is 595 g/mol. The summed E-state index contributed by atoms with van der Waals surface area (Å²) in [4.78, 5) is 17.5. The first-order valence-corrected chi connectivity index (χ1v) is 15.3. The van der Waals surface area contributed by atoms with Gasteiger partial charge in [-0.3, -0.25) is 9.78 Å². The van der Waals surface area contributed by atoms with Gasteiger partial charge in [0.2, 0.25) is 10.0 Å². The van der Waals surface area contributed by atoms with Gasteiger partial charge in [-0.05, 0) is 91.6 Å². The number of halogens is 3. The molecule has 0 saturated heterocycles. The third kappa shape index (κ3) is 7.56. The Morgan fingerprint density at radius 3 is 2.14 bits per heavy atom. The second-order valence-corrected chi connectivity index (χ2v) is 12.2. The number of alkyl halides is 3. The molecule has 5 rings (SSSR count). The smallest absolute Gasteiger partial charge is 0.494 e. The summed E-state index contributed by atoms with van der Waals surface area (Å²) in [5.74, 6) is -0.116. The molecule has 0 atom stereocenters. The lowest BCUT2D eigenvalue weighted by Crippen LogP contribution is -2.34. The fraction of sp³-hybridized carbons (Fsp3) is 0.250. The average Bonchev–Trinajstić information content (AvgIpc) is 3.78. The standard InChI is InChI=1S/C32H30F3N3O5S/c1-2-42-27-14-16-29(17-15-27)44(40,41)38(22-26-5-3-4-20-36-26)21-23-6-8-24(9-7-23)30(39)37-31(18-19-31)25-10-12-28(13-11-25)43-32(33,34)35/h3-17,20H,2,18-19,21-22H2,1H3,(H,37,39). The Labute approximate surface area is 253 Å². The monoisotopic (exact) mass is 625 g/mol. The number of carbonyl (C=O) groups excluding carboxylic acids is 1. The van der Waals surface area contributed by atoms with Gasteiger partial charge in [-0.2, -0.15) is 4.31 Å². The summed E-state index contributed by atoms with van der Waals surface area (Å²) in [7, 11) is -3.93. The normalized spacial score (nSPS) is 14.2. The van der Waals surface area contributed by atoms with Gasteiger partial charge in [-0.1, -0.05) is 30.3 Å². The third-order valence-corrected chi connectivity index (χ3v) is 8.96. The Balaban J connectivity index is 1.30. The lowest BCUT2D eigenvalue weighted by Gasteiger charge is -2.22. The molecule has 8 nitrogen and oxygen atoms in total. The molecule has 230 valence electrons. The number of nitrogens with zero attached hydrogens (tertiary/aromatic N) is 2. The fourth-order valence-electron chi connectivity index (χ4n) is 4.76. The largest absolute Gasteiger partial charge is 0.573 e. The highest BCUT2D eigenvalue weighted by Gasteiger charge is 2.46. The van der Waals surface area contributed by atoms with Gasteiger partial charge in [-0.15, -0.1) is 13.2 Å². The van der Waals surface area contributed by atoms with Gasteiger partial charge in [0.15, 0.2) is 0 Å². The van der Waals surface area contributed by atoms with E-state index in [1.807, 2.05) is 6.92 Å². The predicted octanol–water partition coefficient (Wildman–Crippen LogP) is 6.19. The summed E-state index contributed by atoms with van der Waals surface area (Å²) in [5, 5.41) is 2.99. The number of sulfonamides is 1. The van der Waals surface area contributed by atoms with Crippen LogP contribution in [0.3, 0.4) is 0 Å². The first-order valence-electron chi connectivity index (χ1n) is 13.9. The molecule has 1 heterocycles. The van der Waals surface area contributed by atoms with E-state index in [1.165, 1.54) is 40.7 Å². The maximum atomic E-state index is 13.7. The number of ether oxygens (including phenoxy) is 2. The molecule has 0 bridgehead atoms. The minimum atomic E-state index is -4.78. The number of carbonyl (C=O) groups is 1. The van der Waals surface area contributed by atoms with Crippen molar-refractivity contribution in [2.24, 2.45) is 0 Å². The molecule has 1 N–H and O–H groups in total. The van der Waals surface area contributed by atoms with Crippen LogP contribution in [0.1, 0.15) is 46.9 Å². The molecule has 1 amide bonds. The van der Waals surface area contributed by atoms with Crippen molar-refractivity contribution in [2.45, 2.75) is 49.7 Å². The first kappa shape index (κ1) is 31.0. The van der Waals surface area contributed by atoms with Crippen LogP contribution in [0.4, 0.5) is 13.2 Å². The number of hydrogen-bond donors (Lipinski definition) is 1. The van der Waals surface area contributed by atoms with Gasteiger partial charge in [0.05, 0.1) is 29.3 Å². The van der Waals surface area contributed by atoms with Gasteiger partial charge < -0.3 is 14.8 Å². The van der Waals surface area contributed by atoms with Crippen LogP contribution in [-0.4, -0.2) is 36.6 Å². The van der Waals surface area contributed by atoms with Crippen molar-refractivity contribution in [2.75, 3.05) is 6.61 Å². The van der Waals surface area contributed by atoms with E-state index in [0.29, 0.717) is 47.6 Å². The summed E-state index contributed by atoms with van der Waals surface area (Å²) in [5.41, 5.74) is 1.61. The van der Waals surface area contributed by atoms with Crippen molar-refractivity contribution in [1.29, 1.82) is 0 Å². The molecule has 1 saturated carbocycles. The zero-order chi connectivity index (χ0) is 31.4. The highest BCUT2D eigenvalue weighted by molar-refractivity contribution is 7.89. The minimum Gasteiger partial charge on any atom is -0.494 e. The van der Waals surface area contributed by atoms with E-state index >= 15 is 0 Å². The number of rotatable bonds is 12. The van der Waals surface area contributed by atoms with E-state index in [9.17, 15) is 26.4 Å². The van der Waals surface area contributed by atoms with Crippen molar-refractivity contribution in [3.63, 3.8) is 0 Å². The molecule has 3 aromatic carbocycles. The van der Waals surface area contributed by atoms with E-state index < -0.39 is 21.9 Å². The lowest BCUT2D eigenvalue weighted by molar-refractivity contribution is -0.274. The van der Waals surface area contributed by atoms with Gasteiger partial charge in [-0.25, -0.2) is 8.42 Å². The van der Waals surface area contributed by atoms with Crippen LogP contribution in [0.25, 0.3) is 0 Å². The number of hydrogen-bond acceptors (Lipinski definition) is 6. The molecule has 0 spiro atoms. The number of aromatic nitrogens is 1. The van der Waals surface area contributed by atoms with E-state index in [1.54, 1.807) is 60.8 Å². The van der Waals surface area contributed by atoms with E-state index in [0.717, 1.165) is 0 Å². The van der Waals surface area contributed by atoms with Crippen LogP contribution in [0.2, 0.25) is 0 Å². The maximum absolute atomic E-state index is 13.7.